The first kappa shape index (κ1) is 16.5. The highest BCUT2D eigenvalue weighted by molar-refractivity contribution is 6.32. The number of nitro benzene ring substituents is 1. The number of para-hydroxylation sites is 3. The summed E-state index contributed by atoms with van der Waals surface area (Å²) in [5, 5.41) is 15.6. The SMILES string of the molecule is O=C(NNc1ccccc1[N+](=O)[O-])c1ccn(-c2ccccc2Cl)n1. The van der Waals surface area contributed by atoms with Crippen molar-refractivity contribution in [3.63, 3.8) is 0 Å². The molecule has 0 aliphatic rings. The normalized spacial score (nSPS) is 10.3. The van der Waals surface area contributed by atoms with Gasteiger partial charge in [0.15, 0.2) is 5.69 Å². The van der Waals surface area contributed by atoms with Crippen LogP contribution in [-0.2, 0) is 0 Å². The Bertz CT molecular complexity index is 941. The molecule has 9 heteroatoms. The molecule has 0 atom stereocenters. The molecule has 0 spiro atoms. The predicted octanol–water partition coefficient (Wildman–Crippen LogP) is 3.19. The van der Waals surface area contributed by atoms with Crippen LogP contribution in [0.2, 0.25) is 5.02 Å². The smallest absolute Gasteiger partial charge is 0.292 e. The van der Waals surface area contributed by atoms with E-state index in [2.05, 4.69) is 16.0 Å². The lowest BCUT2D eigenvalue weighted by atomic mass is 10.3. The van der Waals surface area contributed by atoms with Gasteiger partial charge in [0.1, 0.15) is 5.69 Å². The topological polar surface area (TPSA) is 102 Å². The molecule has 0 aliphatic carbocycles. The number of aromatic nitrogens is 2. The van der Waals surface area contributed by atoms with Crippen LogP contribution < -0.4 is 10.9 Å². The number of carbonyl (C=O) groups is 1. The standard InChI is InChI=1S/C16H12ClN5O3/c17-11-5-1-3-7-14(11)21-10-9-13(20-21)16(23)19-18-12-6-2-4-8-15(12)22(24)25/h1-10,18H,(H,19,23). The predicted molar refractivity (Wildman–Crippen MR) is 92.8 cm³/mol. The van der Waals surface area contributed by atoms with E-state index in [1.54, 1.807) is 36.5 Å². The van der Waals surface area contributed by atoms with Gasteiger partial charge in [-0.05, 0) is 24.3 Å². The molecule has 2 N–H and O–H groups in total. The highest BCUT2D eigenvalue weighted by Gasteiger charge is 2.15. The van der Waals surface area contributed by atoms with Gasteiger partial charge in [-0.25, -0.2) is 4.68 Å². The molecule has 1 amide bonds. The van der Waals surface area contributed by atoms with Gasteiger partial charge in [-0.15, -0.1) is 0 Å². The molecular formula is C16H12ClN5O3. The Morgan fingerprint density at radius 2 is 1.84 bits per heavy atom. The molecule has 8 nitrogen and oxygen atoms in total. The molecule has 126 valence electrons. The summed E-state index contributed by atoms with van der Waals surface area (Å²) in [6, 6.07) is 14.6. The first-order chi connectivity index (χ1) is 12.1. The van der Waals surface area contributed by atoms with Crippen LogP contribution >= 0.6 is 11.6 Å². The van der Waals surface area contributed by atoms with E-state index in [-0.39, 0.29) is 17.1 Å². The Kier molecular flexibility index (Phi) is 4.62. The summed E-state index contributed by atoms with van der Waals surface area (Å²) in [4.78, 5) is 22.6. The van der Waals surface area contributed by atoms with Gasteiger partial charge in [0.2, 0.25) is 0 Å². The highest BCUT2D eigenvalue weighted by Crippen LogP contribution is 2.22. The summed E-state index contributed by atoms with van der Waals surface area (Å²) in [7, 11) is 0. The number of amides is 1. The van der Waals surface area contributed by atoms with E-state index in [1.807, 2.05) is 0 Å². The molecule has 1 heterocycles. The average molecular weight is 358 g/mol. The maximum atomic E-state index is 12.2. The molecule has 0 saturated heterocycles. The van der Waals surface area contributed by atoms with E-state index >= 15 is 0 Å². The zero-order valence-electron chi connectivity index (χ0n) is 12.7. The van der Waals surface area contributed by atoms with Crippen LogP contribution in [-0.4, -0.2) is 20.6 Å². The van der Waals surface area contributed by atoms with Crippen LogP contribution in [0.15, 0.2) is 60.8 Å². The third-order valence-electron chi connectivity index (χ3n) is 3.33. The zero-order valence-corrected chi connectivity index (χ0v) is 13.5. The average Bonchev–Trinajstić information content (AvgIpc) is 3.10. The molecule has 0 bridgehead atoms. The van der Waals surface area contributed by atoms with Gasteiger partial charge in [0, 0.05) is 12.3 Å². The second-order valence-corrected chi connectivity index (χ2v) is 5.36. The van der Waals surface area contributed by atoms with Crippen molar-refractivity contribution in [1.29, 1.82) is 0 Å². The lowest BCUT2D eigenvalue weighted by Gasteiger charge is -2.07. The molecule has 1 aromatic heterocycles. The van der Waals surface area contributed by atoms with E-state index in [0.717, 1.165) is 0 Å². The van der Waals surface area contributed by atoms with E-state index < -0.39 is 10.8 Å². The molecule has 0 aliphatic heterocycles. The van der Waals surface area contributed by atoms with Gasteiger partial charge in [-0.2, -0.15) is 5.10 Å². The van der Waals surface area contributed by atoms with Crippen molar-refractivity contribution in [2.45, 2.75) is 0 Å². The van der Waals surface area contributed by atoms with Crippen molar-refractivity contribution < 1.29 is 9.72 Å². The number of rotatable bonds is 5. The maximum Gasteiger partial charge on any atom is 0.294 e. The second-order valence-electron chi connectivity index (χ2n) is 4.95. The van der Waals surface area contributed by atoms with Crippen LogP contribution in [0.4, 0.5) is 11.4 Å². The molecule has 0 unspecified atom stereocenters. The molecule has 3 aromatic rings. The third-order valence-corrected chi connectivity index (χ3v) is 3.65. The maximum absolute atomic E-state index is 12.2. The largest absolute Gasteiger partial charge is 0.294 e. The van der Waals surface area contributed by atoms with Crippen LogP contribution in [0.25, 0.3) is 5.69 Å². The number of hydrogen-bond donors (Lipinski definition) is 2. The number of nitrogens with zero attached hydrogens (tertiary/aromatic N) is 3. The molecule has 0 fully saturated rings. The number of nitrogens with one attached hydrogen (secondary N) is 2. The molecule has 3 rings (SSSR count). The number of hydrogen-bond acceptors (Lipinski definition) is 5. The van der Waals surface area contributed by atoms with Gasteiger partial charge in [-0.1, -0.05) is 35.9 Å². The monoisotopic (exact) mass is 357 g/mol. The quantitative estimate of drug-likeness (QED) is 0.539. The van der Waals surface area contributed by atoms with Gasteiger partial charge < -0.3 is 0 Å². The minimum atomic E-state index is -0.541. The van der Waals surface area contributed by atoms with E-state index in [1.165, 1.54) is 28.9 Å². The summed E-state index contributed by atoms with van der Waals surface area (Å²) in [5.74, 6) is -0.538. The minimum Gasteiger partial charge on any atom is -0.292 e. The van der Waals surface area contributed by atoms with Crippen LogP contribution in [0.3, 0.4) is 0 Å². The van der Waals surface area contributed by atoms with Crippen molar-refractivity contribution >= 4 is 28.9 Å². The molecule has 0 saturated carbocycles. The van der Waals surface area contributed by atoms with Crippen molar-refractivity contribution in [3.05, 3.63) is 81.6 Å². The summed E-state index contributed by atoms with van der Waals surface area (Å²) in [6.07, 6.45) is 1.60. The summed E-state index contributed by atoms with van der Waals surface area (Å²) < 4.78 is 1.47. The van der Waals surface area contributed by atoms with Crippen LogP contribution in [0, 0.1) is 10.1 Å². The number of hydrazine groups is 1. The van der Waals surface area contributed by atoms with Gasteiger partial charge in [0.25, 0.3) is 11.6 Å². The van der Waals surface area contributed by atoms with E-state index in [0.29, 0.717) is 10.7 Å². The number of carbonyl (C=O) groups excluding carboxylic acids is 1. The first-order valence-corrected chi connectivity index (χ1v) is 7.54. The van der Waals surface area contributed by atoms with Gasteiger partial charge in [0.05, 0.1) is 15.6 Å². The lowest BCUT2D eigenvalue weighted by Crippen LogP contribution is -2.30. The van der Waals surface area contributed by atoms with Gasteiger partial charge >= 0.3 is 0 Å². The Labute approximate surface area is 147 Å². The molecule has 0 radical (unpaired) electrons. The fraction of sp³-hybridized carbons (Fsp3) is 0. The molecule has 2 aromatic carbocycles. The summed E-state index contributed by atoms with van der Waals surface area (Å²) in [5.41, 5.74) is 5.71. The fourth-order valence-corrected chi connectivity index (χ4v) is 2.37. The van der Waals surface area contributed by atoms with Crippen molar-refractivity contribution in [2.75, 3.05) is 5.43 Å². The highest BCUT2D eigenvalue weighted by atomic mass is 35.5. The van der Waals surface area contributed by atoms with Crippen LogP contribution in [0.1, 0.15) is 10.5 Å². The van der Waals surface area contributed by atoms with Crippen LogP contribution in [0.5, 0.6) is 0 Å². The second kappa shape index (κ2) is 7.02. The van der Waals surface area contributed by atoms with Crippen molar-refractivity contribution in [2.24, 2.45) is 0 Å². The number of benzene rings is 2. The molecular weight excluding hydrogens is 346 g/mol. The van der Waals surface area contributed by atoms with E-state index in [4.69, 9.17) is 11.6 Å². The Morgan fingerprint density at radius 3 is 2.60 bits per heavy atom. The first-order valence-electron chi connectivity index (χ1n) is 7.16. The minimum absolute atomic E-state index is 0.131. The van der Waals surface area contributed by atoms with Crippen molar-refractivity contribution in [1.82, 2.24) is 15.2 Å². The Hall–Kier alpha value is -3.39. The van der Waals surface area contributed by atoms with Crippen molar-refractivity contribution in [3.8, 4) is 5.69 Å². The number of halogens is 1. The van der Waals surface area contributed by atoms with Gasteiger partial charge in [-0.3, -0.25) is 25.8 Å². The fourth-order valence-electron chi connectivity index (χ4n) is 2.14. The lowest BCUT2D eigenvalue weighted by molar-refractivity contribution is -0.384. The Morgan fingerprint density at radius 1 is 1.12 bits per heavy atom. The summed E-state index contributed by atoms with van der Waals surface area (Å²) >= 11 is 6.10. The zero-order chi connectivity index (χ0) is 17.8. The third kappa shape index (κ3) is 3.59. The summed E-state index contributed by atoms with van der Waals surface area (Å²) in [6.45, 7) is 0. The molecule has 25 heavy (non-hydrogen) atoms. The number of nitro groups is 1. The van der Waals surface area contributed by atoms with E-state index in [9.17, 15) is 14.9 Å². The number of anilines is 1. The Balaban J connectivity index is 1.73.